The standard InChI is InChI=1S/C40H27OP/c41-42(35-22-16-30(17-23-35)28-8-3-1-4-9-28,36-24-18-31(19-25-36)29-10-5-2-6-11-29)38-27-21-34-15-14-32-12-7-13-33-20-26-37(38)40(34)39(32)33/h1-27H. The molecule has 0 amide bonds. The van der Waals surface area contributed by atoms with Crippen LogP contribution in [0.3, 0.4) is 0 Å². The molecule has 0 N–H and O–H groups in total. The zero-order valence-electron chi connectivity index (χ0n) is 22.9. The molecule has 0 unspecified atom stereocenters. The van der Waals surface area contributed by atoms with Gasteiger partial charge < -0.3 is 4.57 Å². The molecule has 2 heteroatoms. The van der Waals surface area contributed by atoms with Gasteiger partial charge in [-0.15, -0.1) is 0 Å². The van der Waals surface area contributed by atoms with Crippen LogP contribution in [0.1, 0.15) is 0 Å². The van der Waals surface area contributed by atoms with Gasteiger partial charge in [0.2, 0.25) is 0 Å². The van der Waals surface area contributed by atoms with Crippen LogP contribution in [0.2, 0.25) is 0 Å². The van der Waals surface area contributed by atoms with Gasteiger partial charge in [0.25, 0.3) is 0 Å². The molecule has 0 aliphatic carbocycles. The molecular weight excluding hydrogens is 527 g/mol. The average Bonchev–Trinajstić information content (AvgIpc) is 3.08. The first kappa shape index (κ1) is 24.8. The third-order valence-corrected chi connectivity index (χ3v) is 11.6. The van der Waals surface area contributed by atoms with E-state index >= 15 is 4.57 Å². The Balaban J connectivity index is 1.37. The maximum atomic E-state index is 15.9. The van der Waals surface area contributed by atoms with Crippen molar-refractivity contribution in [1.29, 1.82) is 0 Å². The predicted molar refractivity (Wildman–Crippen MR) is 180 cm³/mol. The average molecular weight is 555 g/mol. The highest BCUT2D eigenvalue weighted by molar-refractivity contribution is 7.85. The molecule has 0 saturated carbocycles. The fraction of sp³-hybridized carbons (Fsp3) is 0. The molecule has 42 heavy (non-hydrogen) atoms. The number of hydrogen-bond donors (Lipinski definition) is 0. The van der Waals surface area contributed by atoms with Gasteiger partial charge in [0.1, 0.15) is 0 Å². The molecule has 0 aliphatic heterocycles. The molecule has 0 atom stereocenters. The van der Waals surface area contributed by atoms with Gasteiger partial charge in [0.15, 0.2) is 7.14 Å². The molecule has 8 aromatic carbocycles. The molecular formula is C40H27OP. The van der Waals surface area contributed by atoms with E-state index in [0.29, 0.717) is 0 Å². The first-order chi connectivity index (χ1) is 20.7. The van der Waals surface area contributed by atoms with E-state index in [1.54, 1.807) is 0 Å². The minimum Gasteiger partial charge on any atom is -0.309 e. The van der Waals surface area contributed by atoms with E-state index in [4.69, 9.17) is 0 Å². The van der Waals surface area contributed by atoms with Gasteiger partial charge >= 0.3 is 0 Å². The summed E-state index contributed by atoms with van der Waals surface area (Å²) in [6.07, 6.45) is 0. The van der Waals surface area contributed by atoms with Crippen molar-refractivity contribution < 1.29 is 4.57 Å². The Hall–Kier alpha value is -4.97. The van der Waals surface area contributed by atoms with E-state index in [9.17, 15) is 0 Å². The molecule has 0 radical (unpaired) electrons. The lowest BCUT2D eigenvalue weighted by Crippen LogP contribution is -2.25. The van der Waals surface area contributed by atoms with Crippen molar-refractivity contribution in [2.75, 3.05) is 0 Å². The SMILES string of the molecule is O=P(c1ccc(-c2ccccc2)cc1)(c1ccc(-c2ccccc2)cc1)c1ccc2ccc3cccc4ccc1c2c34. The van der Waals surface area contributed by atoms with Gasteiger partial charge in [-0.25, -0.2) is 0 Å². The summed E-state index contributed by atoms with van der Waals surface area (Å²) in [5.41, 5.74) is 4.52. The Labute approximate surface area is 245 Å². The Morgan fingerprint density at radius 2 is 0.762 bits per heavy atom. The highest BCUT2D eigenvalue weighted by Crippen LogP contribution is 2.47. The van der Waals surface area contributed by atoms with Crippen LogP contribution < -0.4 is 15.9 Å². The first-order valence-electron chi connectivity index (χ1n) is 14.3. The molecule has 8 aromatic rings. The zero-order chi connectivity index (χ0) is 28.1. The lowest BCUT2D eigenvalue weighted by Gasteiger charge is -2.23. The first-order valence-corrected chi connectivity index (χ1v) is 16.0. The van der Waals surface area contributed by atoms with Crippen molar-refractivity contribution in [3.63, 3.8) is 0 Å². The summed E-state index contributed by atoms with van der Waals surface area (Å²) in [5, 5.41) is 9.62. The third kappa shape index (κ3) is 3.90. The minimum atomic E-state index is -3.26. The second-order valence-electron chi connectivity index (χ2n) is 10.9. The monoisotopic (exact) mass is 554 g/mol. The summed E-state index contributed by atoms with van der Waals surface area (Å²) in [5.74, 6) is 0. The summed E-state index contributed by atoms with van der Waals surface area (Å²) < 4.78 is 15.9. The maximum Gasteiger partial charge on any atom is 0.171 e. The Morgan fingerprint density at radius 3 is 1.29 bits per heavy atom. The number of hydrogen-bond acceptors (Lipinski definition) is 1. The predicted octanol–water partition coefficient (Wildman–Crippen LogP) is 9.56. The summed E-state index contributed by atoms with van der Waals surface area (Å²) >= 11 is 0. The van der Waals surface area contributed by atoms with E-state index in [1.165, 1.54) is 26.9 Å². The Morgan fingerprint density at radius 1 is 0.333 bits per heavy atom. The van der Waals surface area contributed by atoms with Gasteiger partial charge in [0, 0.05) is 15.9 Å². The van der Waals surface area contributed by atoms with Crippen molar-refractivity contribution in [2.24, 2.45) is 0 Å². The normalized spacial score (nSPS) is 11.9. The van der Waals surface area contributed by atoms with Crippen molar-refractivity contribution >= 4 is 55.4 Å². The smallest absolute Gasteiger partial charge is 0.171 e. The van der Waals surface area contributed by atoms with Crippen LogP contribution in [0, 0.1) is 0 Å². The van der Waals surface area contributed by atoms with E-state index in [-0.39, 0.29) is 0 Å². The second kappa shape index (κ2) is 9.84. The molecule has 0 spiro atoms. The van der Waals surface area contributed by atoms with Crippen molar-refractivity contribution in [3.8, 4) is 22.3 Å². The van der Waals surface area contributed by atoms with Crippen LogP contribution in [0.15, 0.2) is 164 Å². The Kier molecular flexibility index (Phi) is 5.81. The van der Waals surface area contributed by atoms with Crippen molar-refractivity contribution in [3.05, 3.63) is 164 Å². The molecule has 1 nitrogen and oxygen atoms in total. The van der Waals surface area contributed by atoms with E-state index in [2.05, 4.69) is 127 Å². The van der Waals surface area contributed by atoms with Gasteiger partial charge in [-0.3, -0.25) is 0 Å². The highest BCUT2D eigenvalue weighted by Gasteiger charge is 2.32. The van der Waals surface area contributed by atoms with Crippen LogP contribution in [-0.4, -0.2) is 0 Å². The summed E-state index contributed by atoms with van der Waals surface area (Å²) in [6, 6.07) is 56.7. The lowest BCUT2D eigenvalue weighted by molar-refractivity contribution is 0.592. The minimum absolute atomic E-state index is 0.838. The molecule has 198 valence electrons. The van der Waals surface area contributed by atoms with Crippen molar-refractivity contribution in [1.82, 2.24) is 0 Å². The quantitative estimate of drug-likeness (QED) is 0.153. The summed E-state index contributed by atoms with van der Waals surface area (Å²) in [6.45, 7) is 0. The van der Waals surface area contributed by atoms with E-state index in [1.807, 2.05) is 36.4 Å². The lowest BCUT2D eigenvalue weighted by atomic mass is 9.94. The topological polar surface area (TPSA) is 17.1 Å². The van der Waals surface area contributed by atoms with Gasteiger partial charge in [-0.1, -0.05) is 158 Å². The van der Waals surface area contributed by atoms with Gasteiger partial charge in [-0.2, -0.15) is 0 Å². The molecule has 0 bridgehead atoms. The van der Waals surface area contributed by atoms with Crippen LogP contribution in [0.5, 0.6) is 0 Å². The van der Waals surface area contributed by atoms with Gasteiger partial charge in [0.05, 0.1) is 0 Å². The van der Waals surface area contributed by atoms with E-state index < -0.39 is 7.14 Å². The molecule has 0 heterocycles. The number of benzene rings is 8. The molecule has 0 fully saturated rings. The number of rotatable bonds is 5. The molecule has 0 aliphatic rings. The summed E-state index contributed by atoms with van der Waals surface area (Å²) in [4.78, 5) is 0. The molecule has 0 aromatic heterocycles. The van der Waals surface area contributed by atoms with E-state index in [0.717, 1.165) is 43.6 Å². The van der Waals surface area contributed by atoms with Crippen LogP contribution in [0.25, 0.3) is 54.6 Å². The highest BCUT2D eigenvalue weighted by atomic mass is 31.2. The maximum absolute atomic E-state index is 15.9. The fourth-order valence-corrected chi connectivity index (χ4v) is 9.21. The third-order valence-electron chi connectivity index (χ3n) is 8.52. The zero-order valence-corrected chi connectivity index (χ0v) is 23.8. The molecule has 8 rings (SSSR count). The Bertz CT molecular complexity index is 2130. The van der Waals surface area contributed by atoms with Crippen LogP contribution >= 0.6 is 7.14 Å². The second-order valence-corrected chi connectivity index (χ2v) is 13.6. The largest absolute Gasteiger partial charge is 0.309 e. The molecule has 0 saturated heterocycles. The van der Waals surface area contributed by atoms with Crippen molar-refractivity contribution in [2.45, 2.75) is 0 Å². The van der Waals surface area contributed by atoms with Crippen LogP contribution in [-0.2, 0) is 4.57 Å². The fourth-order valence-electron chi connectivity index (χ4n) is 6.41. The van der Waals surface area contributed by atoms with Gasteiger partial charge in [-0.05, 0) is 60.6 Å². The summed E-state index contributed by atoms with van der Waals surface area (Å²) in [7, 11) is -3.26. The van der Waals surface area contributed by atoms with Crippen LogP contribution in [0.4, 0.5) is 0 Å².